The summed E-state index contributed by atoms with van der Waals surface area (Å²) in [6.45, 7) is 2.14. The molecule has 1 fully saturated rings. The lowest BCUT2D eigenvalue weighted by atomic mass is 10.2. The lowest BCUT2D eigenvalue weighted by molar-refractivity contribution is 0.0751. The van der Waals surface area contributed by atoms with Crippen molar-refractivity contribution in [2.75, 3.05) is 14.2 Å². The molecule has 0 radical (unpaired) electrons. The number of rotatable bonds is 7. The van der Waals surface area contributed by atoms with Gasteiger partial charge in [0.15, 0.2) is 0 Å². The molecule has 2 unspecified atom stereocenters. The van der Waals surface area contributed by atoms with Crippen molar-refractivity contribution in [3.05, 3.63) is 11.7 Å². The first-order valence-corrected chi connectivity index (χ1v) is 6.27. The van der Waals surface area contributed by atoms with Crippen LogP contribution >= 0.6 is 0 Å². The average molecular weight is 239 g/mol. The SMILES string of the molecule is CNC(C)CCc1nc(C(OC)C2CC2)no1. The van der Waals surface area contributed by atoms with Gasteiger partial charge in [-0.2, -0.15) is 4.98 Å². The third-order valence-electron chi connectivity index (χ3n) is 3.33. The van der Waals surface area contributed by atoms with E-state index >= 15 is 0 Å². The molecule has 0 aliphatic heterocycles. The highest BCUT2D eigenvalue weighted by molar-refractivity contribution is 4.98. The van der Waals surface area contributed by atoms with Gasteiger partial charge in [0.05, 0.1) is 0 Å². The Labute approximate surface area is 102 Å². The topological polar surface area (TPSA) is 60.2 Å². The summed E-state index contributed by atoms with van der Waals surface area (Å²) < 4.78 is 10.7. The van der Waals surface area contributed by atoms with Gasteiger partial charge in [0.1, 0.15) is 6.10 Å². The fraction of sp³-hybridized carbons (Fsp3) is 0.833. The smallest absolute Gasteiger partial charge is 0.226 e. The largest absolute Gasteiger partial charge is 0.373 e. The van der Waals surface area contributed by atoms with E-state index in [0.29, 0.717) is 23.7 Å². The van der Waals surface area contributed by atoms with Crippen molar-refractivity contribution in [3.8, 4) is 0 Å². The predicted molar refractivity (Wildman–Crippen MR) is 63.6 cm³/mol. The highest BCUT2D eigenvalue weighted by Gasteiger charge is 2.35. The van der Waals surface area contributed by atoms with E-state index in [1.165, 1.54) is 12.8 Å². The molecule has 0 amide bonds. The van der Waals surface area contributed by atoms with Crippen LogP contribution in [0.2, 0.25) is 0 Å². The number of hydrogen-bond acceptors (Lipinski definition) is 5. The van der Waals surface area contributed by atoms with E-state index in [-0.39, 0.29) is 6.10 Å². The van der Waals surface area contributed by atoms with Crippen LogP contribution < -0.4 is 5.32 Å². The molecule has 17 heavy (non-hydrogen) atoms. The van der Waals surface area contributed by atoms with E-state index in [1.54, 1.807) is 7.11 Å². The summed E-state index contributed by atoms with van der Waals surface area (Å²) in [7, 11) is 3.67. The van der Waals surface area contributed by atoms with Crippen molar-refractivity contribution in [1.29, 1.82) is 0 Å². The van der Waals surface area contributed by atoms with Crippen molar-refractivity contribution in [1.82, 2.24) is 15.5 Å². The normalized spacial score (nSPS) is 19.2. The van der Waals surface area contributed by atoms with Crippen molar-refractivity contribution in [3.63, 3.8) is 0 Å². The number of aryl methyl sites for hydroxylation is 1. The quantitative estimate of drug-likeness (QED) is 0.785. The summed E-state index contributed by atoms with van der Waals surface area (Å²) in [6.07, 6.45) is 4.25. The van der Waals surface area contributed by atoms with Gasteiger partial charge in [0, 0.05) is 19.6 Å². The molecule has 0 spiro atoms. The minimum absolute atomic E-state index is 0.0224. The van der Waals surface area contributed by atoms with Crippen LogP contribution in [-0.2, 0) is 11.2 Å². The zero-order chi connectivity index (χ0) is 12.3. The predicted octanol–water partition coefficient (Wildman–Crippen LogP) is 1.71. The van der Waals surface area contributed by atoms with Gasteiger partial charge in [-0.05, 0) is 39.2 Å². The van der Waals surface area contributed by atoms with Gasteiger partial charge in [-0.25, -0.2) is 0 Å². The summed E-state index contributed by atoms with van der Waals surface area (Å²) in [6, 6.07) is 0.465. The highest BCUT2D eigenvalue weighted by atomic mass is 16.5. The second kappa shape index (κ2) is 5.60. The minimum Gasteiger partial charge on any atom is -0.373 e. The molecule has 5 nitrogen and oxygen atoms in total. The van der Waals surface area contributed by atoms with Gasteiger partial charge in [-0.15, -0.1) is 0 Å². The number of methoxy groups -OCH3 is 1. The molecule has 2 rings (SSSR count). The first kappa shape index (κ1) is 12.5. The lowest BCUT2D eigenvalue weighted by Crippen LogP contribution is -2.21. The molecule has 0 bridgehead atoms. The van der Waals surface area contributed by atoms with Crippen molar-refractivity contribution >= 4 is 0 Å². The van der Waals surface area contributed by atoms with Crippen molar-refractivity contribution in [2.24, 2.45) is 5.92 Å². The highest BCUT2D eigenvalue weighted by Crippen LogP contribution is 2.41. The van der Waals surface area contributed by atoms with Crippen LogP contribution in [0.25, 0.3) is 0 Å². The summed E-state index contributed by atoms with van der Waals surface area (Å²) in [4.78, 5) is 4.42. The van der Waals surface area contributed by atoms with Gasteiger partial charge in [0.25, 0.3) is 0 Å². The van der Waals surface area contributed by atoms with Crippen LogP contribution in [0.1, 0.15) is 44.0 Å². The summed E-state index contributed by atoms with van der Waals surface area (Å²) in [5.74, 6) is 2.01. The number of nitrogens with one attached hydrogen (secondary N) is 1. The monoisotopic (exact) mass is 239 g/mol. The van der Waals surface area contributed by atoms with Gasteiger partial charge in [-0.1, -0.05) is 5.16 Å². The molecule has 1 heterocycles. The Balaban J connectivity index is 1.90. The molecule has 1 aromatic rings. The second-order valence-corrected chi connectivity index (χ2v) is 4.77. The van der Waals surface area contributed by atoms with Gasteiger partial charge < -0.3 is 14.6 Å². The fourth-order valence-electron chi connectivity index (χ4n) is 1.88. The summed E-state index contributed by atoms with van der Waals surface area (Å²) >= 11 is 0. The summed E-state index contributed by atoms with van der Waals surface area (Å²) in [5, 5.41) is 7.21. The van der Waals surface area contributed by atoms with Crippen LogP contribution in [0.5, 0.6) is 0 Å². The van der Waals surface area contributed by atoms with Crippen LogP contribution in [0, 0.1) is 5.92 Å². The van der Waals surface area contributed by atoms with Crippen LogP contribution in [0.15, 0.2) is 4.52 Å². The van der Waals surface area contributed by atoms with E-state index in [0.717, 1.165) is 12.8 Å². The number of aromatic nitrogens is 2. The molecule has 5 heteroatoms. The molecule has 2 atom stereocenters. The standard InChI is InChI=1S/C12H21N3O2/c1-8(13-2)4-7-10-14-12(15-17-10)11(16-3)9-5-6-9/h8-9,11,13H,4-7H2,1-3H3. The molecule has 0 aromatic carbocycles. The van der Waals surface area contributed by atoms with Gasteiger partial charge in [-0.3, -0.25) is 0 Å². The maximum absolute atomic E-state index is 5.42. The Bertz CT molecular complexity index is 349. The Hall–Kier alpha value is -0.940. The molecule has 96 valence electrons. The van der Waals surface area contributed by atoms with Crippen molar-refractivity contribution in [2.45, 2.75) is 44.8 Å². The maximum atomic E-state index is 5.42. The molecule has 1 saturated carbocycles. The van der Waals surface area contributed by atoms with Crippen LogP contribution in [-0.4, -0.2) is 30.3 Å². The fourth-order valence-corrected chi connectivity index (χ4v) is 1.88. The zero-order valence-corrected chi connectivity index (χ0v) is 10.8. The van der Waals surface area contributed by atoms with Gasteiger partial charge >= 0.3 is 0 Å². The number of hydrogen-bond donors (Lipinski definition) is 1. The minimum atomic E-state index is 0.0224. The molecule has 1 aliphatic carbocycles. The first-order chi connectivity index (χ1) is 8.24. The van der Waals surface area contributed by atoms with E-state index in [1.807, 2.05) is 7.05 Å². The number of nitrogens with zero attached hydrogens (tertiary/aromatic N) is 2. The van der Waals surface area contributed by atoms with E-state index in [9.17, 15) is 0 Å². The third kappa shape index (κ3) is 3.26. The second-order valence-electron chi connectivity index (χ2n) is 4.77. The van der Waals surface area contributed by atoms with E-state index in [2.05, 4.69) is 22.4 Å². The Morgan fingerprint density at radius 2 is 2.29 bits per heavy atom. The first-order valence-electron chi connectivity index (χ1n) is 6.27. The molecule has 1 aliphatic rings. The van der Waals surface area contributed by atoms with Crippen molar-refractivity contribution < 1.29 is 9.26 Å². The van der Waals surface area contributed by atoms with Gasteiger partial charge in [0.2, 0.25) is 11.7 Å². The third-order valence-corrected chi connectivity index (χ3v) is 3.33. The lowest BCUT2D eigenvalue weighted by Gasteiger charge is -2.08. The molecule has 1 aromatic heterocycles. The molecule has 0 saturated heterocycles. The Morgan fingerprint density at radius 3 is 2.88 bits per heavy atom. The molecule has 1 N–H and O–H groups in total. The van der Waals surface area contributed by atoms with E-state index in [4.69, 9.17) is 9.26 Å². The Kier molecular flexibility index (Phi) is 4.12. The van der Waals surface area contributed by atoms with Crippen LogP contribution in [0.3, 0.4) is 0 Å². The Morgan fingerprint density at radius 1 is 1.53 bits per heavy atom. The molecular formula is C12H21N3O2. The molecular weight excluding hydrogens is 218 g/mol. The maximum Gasteiger partial charge on any atom is 0.226 e. The zero-order valence-electron chi connectivity index (χ0n) is 10.8. The van der Waals surface area contributed by atoms with Crippen LogP contribution in [0.4, 0.5) is 0 Å². The average Bonchev–Trinajstić information content (AvgIpc) is 3.06. The summed E-state index contributed by atoms with van der Waals surface area (Å²) in [5.41, 5.74) is 0. The number of ether oxygens (including phenoxy) is 1. The van der Waals surface area contributed by atoms with E-state index < -0.39 is 0 Å².